The number of nitrogens with zero attached hydrogens (tertiary/aromatic N) is 2. The fourth-order valence-electron chi connectivity index (χ4n) is 5.61. The Balaban J connectivity index is 1.19. The highest BCUT2D eigenvalue weighted by Gasteiger charge is 2.16. The van der Waals surface area contributed by atoms with Crippen LogP contribution in [0.1, 0.15) is 53.5 Å². The molecule has 0 bridgehead atoms. The van der Waals surface area contributed by atoms with Crippen LogP contribution < -0.4 is 21.0 Å². The molecule has 0 radical (unpaired) electrons. The largest absolute Gasteiger partial charge is 0.494 e. The summed E-state index contributed by atoms with van der Waals surface area (Å²) in [6, 6.07) is 19.7. The van der Waals surface area contributed by atoms with Crippen LogP contribution >= 0.6 is 0 Å². The molecule has 2 aliphatic rings. The molecule has 1 unspecified atom stereocenters. The summed E-state index contributed by atoms with van der Waals surface area (Å²) in [6.07, 6.45) is 5.33. The Morgan fingerprint density at radius 1 is 0.974 bits per heavy atom. The predicted octanol–water partition coefficient (Wildman–Crippen LogP) is 6.82. The standard InChI is InChI=1S/C32H41N5O2/c1-22-19-29(39-18-15-26-13-16-38-17-14-26)20-23(2)32(22)30-6-4-5-27(24(30)3)21-33-28-10-7-25(8-11-28)9-12-31-34-36-37-35-31/h4-8,10-11,19-20,26,31,33H,9,12-18,21H2,1-3H3,(H,34,37)(H,35,36). The maximum atomic E-state index is 6.19. The van der Waals surface area contributed by atoms with Crippen LogP contribution in [0.25, 0.3) is 11.1 Å². The molecule has 1 fully saturated rings. The molecule has 39 heavy (non-hydrogen) atoms. The van der Waals surface area contributed by atoms with Crippen molar-refractivity contribution in [2.75, 3.05) is 25.1 Å². The van der Waals surface area contributed by atoms with Gasteiger partial charge in [-0.1, -0.05) is 35.6 Å². The van der Waals surface area contributed by atoms with Crippen LogP contribution in [-0.2, 0) is 17.7 Å². The number of nitrogens with one attached hydrogen (secondary N) is 3. The minimum absolute atomic E-state index is 0.0520. The lowest BCUT2D eigenvalue weighted by Gasteiger charge is -2.22. The predicted molar refractivity (Wildman–Crippen MR) is 157 cm³/mol. The van der Waals surface area contributed by atoms with Crippen LogP contribution in [0.5, 0.6) is 5.75 Å². The molecule has 7 heteroatoms. The van der Waals surface area contributed by atoms with Gasteiger partial charge in [-0.2, -0.15) is 5.43 Å². The minimum atomic E-state index is 0.0520. The second-order valence-electron chi connectivity index (χ2n) is 10.8. The van der Waals surface area contributed by atoms with E-state index in [0.29, 0.717) is 0 Å². The average molecular weight is 528 g/mol. The number of hydrogen-bond acceptors (Lipinski definition) is 7. The maximum Gasteiger partial charge on any atom is 0.141 e. The van der Waals surface area contributed by atoms with Crippen LogP contribution in [0.15, 0.2) is 64.9 Å². The van der Waals surface area contributed by atoms with Crippen LogP contribution in [0.2, 0.25) is 0 Å². The van der Waals surface area contributed by atoms with Crippen molar-refractivity contribution in [3.8, 4) is 16.9 Å². The molecule has 0 spiro atoms. The molecule has 3 aromatic rings. The van der Waals surface area contributed by atoms with E-state index in [2.05, 4.69) is 102 Å². The van der Waals surface area contributed by atoms with Gasteiger partial charge in [-0.15, -0.1) is 5.11 Å². The SMILES string of the molecule is Cc1cc(OCCC2CCOCC2)cc(C)c1-c1cccc(CNc2ccc(CCC3N=NNN3)cc2)c1C. The van der Waals surface area contributed by atoms with Crippen LogP contribution in [-0.4, -0.2) is 26.0 Å². The van der Waals surface area contributed by atoms with Crippen molar-refractivity contribution in [2.45, 2.75) is 65.6 Å². The third-order valence-corrected chi connectivity index (χ3v) is 7.98. The molecule has 0 amide bonds. The van der Waals surface area contributed by atoms with E-state index in [9.17, 15) is 0 Å². The Morgan fingerprint density at radius 2 is 1.74 bits per heavy atom. The Bertz CT molecular complexity index is 1250. The molecule has 0 aliphatic carbocycles. The summed E-state index contributed by atoms with van der Waals surface area (Å²) in [5.41, 5.74) is 15.9. The second kappa shape index (κ2) is 13.1. The number of benzene rings is 3. The van der Waals surface area contributed by atoms with Gasteiger partial charge in [-0.05, 0) is 122 Å². The van der Waals surface area contributed by atoms with Gasteiger partial charge in [-0.25, -0.2) is 5.53 Å². The molecular formula is C32H41N5O2. The summed E-state index contributed by atoms with van der Waals surface area (Å²) < 4.78 is 11.7. The van der Waals surface area contributed by atoms with E-state index in [-0.39, 0.29) is 6.17 Å². The normalized spacial score (nSPS) is 17.3. The van der Waals surface area contributed by atoms with Gasteiger partial charge >= 0.3 is 0 Å². The average Bonchev–Trinajstić information content (AvgIpc) is 3.47. The Kier molecular flexibility index (Phi) is 9.12. The van der Waals surface area contributed by atoms with Gasteiger partial charge in [0.15, 0.2) is 0 Å². The number of rotatable bonds is 11. The maximum absolute atomic E-state index is 6.19. The number of hydrazine groups is 1. The molecule has 1 saturated heterocycles. The zero-order valence-corrected chi connectivity index (χ0v) is 23.4. The topological polar surface area (TPSA) is 79.3 Å². The Labute approximate surface area is 232 Å². The summed E-state index contributed by atoms with van der Waals surface area (Å²) in [5.74, 6) is 1.70. The van der Waals surface area contributed by atoms with E-state index in [1.54, 1.807) is 0 Å². The van der Waals surface area contributed by atoms with Crippen molar-refractivity contribution in [3.05, 3.63) is 82.4 Å². The zero-order chi connectivity index (χ0) is 27.0. The highest BCUT2D eigenvalue weighted by molar-refractivity contribution is 5.75. The molecule has 7 nitrogen and oxygen atoms in total. The quantitative estimate of drug-likeness (QED) is 0.255. The van der Waals surface area contributed by atoms with Crippen molar-refractivity contribution in [2.24, 2.45) is 16.3 Å². The van der Waals surface area contributed by atoms with Crippen molar-refractivity contribution in [1.29, 1.82) is 0 Å². The van der Waals surface area contributed by atoms with Crippen molar-refractivity contribution in [1.82, 2.24) is 11.0 Å². The third kappa shape index (κ3) is 7.16. The van der Waals surface area contributed by atoms with Crippen molar-refractivity contribution < 1.29 is 9.47 Å². The molecule has 3 N–H and O–H groups in total. The number of aryl methyl sites for hydroxylation is 3. The summed E-state index contributed by atoms with van der Waals surface area (Å²) in [4.78, 5) is 0. The third-order valence-electron chi connectivity index (χ3n) is 7.98. The van der Waals surface area contributed by atoms with Gasteiger partial charge in [0.25, 0.3) is 0 Å². The monoisotopic (exact) mass is 527 g/mol. The number of ether oxygens (including phenoxy) is 2. The molecule has 0 aromatic heterocycles. The van der Waals surface area contributed by atoms with Crippen molar-refractivity contribution >= 4 is 5.69 Å². The van der Waals surface area contributed by atoms with E-state index in [1.165, 1.54) is 38.9 Å². The zero-order valence-electron chi connectivity index (χ0n) is 23.4. The molecule has 0 saturated carbocycles. The number of anilines is 1. The minimum Gasteiger partial charge on any atom is -0.494 e. The van der Waals surface area contributed by atoms with E-state index in [1.807, 2.05) is 0 Å². The summed E-state index contributed by atoms with van der Waals surface area (Å²) in [6.45, 7) is 9.96. The summed E-state index contributed by atoms with van der Waals surface area (Å²) in [5, 5.41) is 11.5. The van der Waals surface area contributed by atoms with E-state index < -0.39 is 0 Å². The Hall–Kier alpha value is -3.42. The van der Waals surface area contributed by atoms with Gasteiger partial charge in [0.2, 0.25) is 0 Å². The van der Waals surface area contributed by atoms with E-state index in [0.717, 1.165) is 75.8 Å². The van der Waals surface area contributed by atoms with Gasteiger partial charge in [0, 0.05) is 25.4 Å². The van der Waals surface area contributed by atoms with Crippen LogP contribution in [0, 0.1) is 26.7 Å². The molecule has 3 aromatic carbocycles. The van der Waals surface area contributed by atoms with Gasteiger partial charge in [0.1, 0.15) is 11.9 Å². The molecule has 5 rings (SSSR count). The van der Waals surface area contributed by atoms with Gasteiger partial charge in [-0.3, -0.25) is 0 Å². The molecule has 2 heterocycles. The molecule has 206 valence electrons. The highest BCUT2D eigenvalue weighted by atomic mass is 16.5. The summed E-state index contributed by atoms with van der Waals surface area (Å²) >= 11 is 0. The first kappa shape index (κ1) is 27.2. The smallest absolute Gasteiger partial charge is 0.141 e. The van der Waals surface area contributed by atoms with Crippen molar-refractivity contribution in [3.63, 3.8) is 0 Å². The summed E-state index contributed by atoms with van der Waals surface area (Å²) in [7, 11) is 0. The second-order valence-corrected chi connectivity index (χ2v) is 10.8. The lowest BCUT2D eigenvalue weighted by Crippen LogP contribution is -2.30. The van der Waals surface area contributed by atoms with Gasteiger partial charge < -0.3 is 14.8 Å². The fourth-order valence-corrected chi connectivity index (χ4v) is 5.61. The fraction of sp³-hybridized carbons (Fsp3) is 0.438. The molecule has 1 atom stereocenters. The first-order valence-corrected chi connectivity index (χ1v) is 14.2. The first-order valence-electron chi connectivity index (χ1n) is 14.2. The highest BCUT2D eigenvalue weighted by Crippen LogP contribution is 2.34. The van der Waals surface area contributed by atoms with Gasteiger partial charge in [0.05, 0.1) is 6.61 Å². The Morgan fingerprint density at radius 3 is 2.46 bits per heavy atom. The van der Waals surface area contributed by atoms with E-state index in [4.69, 9.17) is 9.47 Å². The first-order chi connectivity index (χ1) is 19.1. The lowest BCUT2D eigenvalue weighted by atomic mass is 9.90. The lowest BCUT2D eigenvalue weighted by molar-refractivity contribution is 0.0593. The van der Waals surface area contributed by atoms with Crippen LogP contribution in [0.4, 0.5) is 5.69 Å². The number of hydrogen-bond donors (Lipinski definition) is 3. The van der Waals surface area contributed by atoms with Crippen LogP contribution in [0.3, 0.4) is 0 Å². The van der Waals surface area contributed by atoms with E-state index >= 15 is 0 Å². The molecular weight excluding hydrogens is 486 g/mol. The molecule has 2 aliphatic heterocycles.